The van der Waals surface area contributed by atoms with Crippen LogP contribution in [0.2, 0.25) is 0 Å². The van der Waals surface area contributed by atoms with Crippen LogP contribution in [0.15, 0.2) is 89.9 Å². The van der Waals surface area contributed by atoms with Crippen LogP contribution in [0.25, 0.3) is 0 Å². The van der Waals surface area contributed by atoms with E-state index in [1.54, 1.807) is 7.11 Å². The van der Waals surface area contributed by atoms with Crippen LogP contribution in [0, 0.1) is 33.5 Å². The first-order valence-electron chi connectivity index (χ1n) is 12.5. The molecule has 0 aliphatic carbocycles. The van der Waals surface area contributed by atoms with Crippen LogP contribution in [0.4, 0.5) is 11.4 Å². The van der Waals surface area contributed by atoms with Crippen molar-refractivity contribution in [2.75, 3.05) is 43.3 Å². The van der Waals surface area contributed by atoms with Crippen molar-refractivity contribution in [2.24, 2.45) is 15.8 Å². The van der Waals surface area contributed by atoms with E-state index >= 15 is 0 Å². The predicted octanol–water partition coefficient (Wildman–Crippen LogP) is 4.80. The second kappa shape index (κ2) is 9.16. The third-order valence-electron chi connectivity index (χ3n) is 7.94. The van der Waals surface area contributed by atoms with Gasteiger partial charge >= 0.3 is 0 Å². The number of ether oxygens (including phenoxy) is 1. The number of nitriles is 2. The fourth-order valence-corrected chi connectivity index (χ4v) is 6.68. The molecule has 2 bridgehead atoms. The summed E-state index contributed by atoms with van der Waals surface area (Å²) in [5, 5.41) is 22.1. The third-order valence-corrected chi connectivity index (χ3v) is 8.53. The van der Waals surface area contributed by atoms with Crippen LogP contribution >= 0.6 is 12.2 Å². The van der Waals surface area contributed by atoms with Crippen molar-refractivity contribution in [1.82, 2.24) is 4.90 Å². The van der Waals surface area contributed by atoms with Crippen molar-refractivity contribution in [3.05, 3.63) is 90.5 Å². The Morgan fingerprint density at radius 1 is 0.842 bits per heavy atom. The molecule has 2 fully saturated rings. The highest BCUT2D eigenvalue weighted by molar-refractivity contribution is 7.80. The molecule has 7 nitrogen and oxygen atoms in total. The van der Waals surface area contributed by atoms with E-state index in [0.29, 0.717) is 43.0 Å². The zero-order chi connectivity index (χ0) is 26.3. The normalized spacial score (nSPS) is 26.1. The molecule has 3 aromatic carbocycles. The van der Waals surface area contributed by atoms with Gasteiger partial charge in [-0.1, -0.05) is 66.8 Å². The lowest BCUT2D eigenvalue weighted by Crippen LogP contribution is -2.73. The molecule has 38 heavy (non-hydrogen) atoms. The summed E-state index contributed by atoms with van der Waals surface area (Å²) in [7, 11) is 1.62. The van der Waals surface area contributed by atoms with Gasteiger partial charge in [-0.15, -0.1) is 0 Å². The Labute approximate surface area is 227 Å². The molecule has 0 radical (unpaired) electrons. The standard InChI is InChI=1S/C30H26N6OS/c1-37-25-15-9-8-14-24(25)26-29(16-31)18-34(22-10-4-2-5-11-22)19-30(26,17-32)28(38)36-21-35(20-33-27(29)36)23-12-6-3-7-13-23/h2-15,26H,18-21H2,1H3/t26-,29-,30-/m0/s1. The van der Waals surface area contributed by atoms with E-state index < -0.39 is 16.7 Å². The van der Waals surface area contributed by atoms with Crippen molar-refractivity contribution in [1.29, 1.82) is 10.5 Å². The van der Waals surface area contributed by atoms with Gasteiger partial charge in [0.1, 0.15) is 34.1 Å². The van der Waals surface area contributed by atoms with Gasteiger partial charge in [0.25, 0.3) is 0 Å². The van der Waals surface area contributed by atoms with E-state index in [-0.39, 0.29) is 0 Å². The second-order valence-corrected chi connectivity index (χ2v) is 10.3. The molecule has 6 rings (SSSR count). The molecule has 188 valence electrons. The molecule has 8 heteroatoms. The summed E-state index contributed by atoms with van der Waals surface area (Å²) in [6, 6.07) is 32.9. The Balaban J connectivity index is 1.58. The molecule has 3 aliphatic heterocycles. The van der Waals surface area contributed by atoms with Gasteiger partial charge in [-0.25, -0.2) is 4.99 Å². The average molecular weight is 519 g/mol. The van der Waals surface area contributed by atoms with E-state index in [1.165, 1.54) is 0 Å². The summed E-state index contributed by atoms with van der Waals surface area (Å²) < 4.78 is 5.76. The van der Waals surface area contributed by atoms with Crippen LogP contribution in [-0.4, -0.2) is 49.3 Å². The van der Waals surface area contributed by atoms with Gasteiger partial charge in [0, 0.05) is 35.9 Å². The molecule has 0 unspecified atom stereocenters. The van der Waals surface area contributed by atoms with Gasteiger partial charge in [-0.3, -0.25) is 0 Å². The van der Waals surface area contributed by atoms with Gasteiger partial charge in [0.2, 0.25) is 0 Å². The van der Waals surface area contributed by atoms with E-state index in [9.17, 15) is 10.5 Å². The first kappa shape index (κ1) is 24.0. The number of thiocarbonyl (C=S) groups is 1. The third kappa shape index (κ3) is 3.38. The van der Waals surface area contributed by atoms with E-state index in [1.807, 2.05) is 89.8 Å². The Bertz CT molecular complexity index is 1500. The maximum atomic E-state index is 11.1. The Morgan fingerprint density at radius 2 is 1.42 bits per heavy atom. The van der Waals surface area contributed by atoms with Crippen molar-refractivity contribution >= 4 is 34.4 Å². The summed E-state index contributed by atoms with van der Waals surface area (Å²) in [6.45, 7) is 1.56. The molecular formula is C30H26N6OS. The number of fused-ring (bicyclic) bond motifs is 4. The first-order valence-corrected chi connectivity index (χ1v) is 12.9. The van der Waals surface area contributed by atoms with Gasteiger partial charge in [0.15, 0.2) is 0 Å². The molecule has 0 saturated carbocycles. The largest absolute Gasteiger partial charge is 0.496 e. The number of rotatable bonds is 4. The van der Waals surface area contributed by atoms with E-state index in [0.717, 1.165) is 16.9 Å². The van der Waals surface area contributed by atoms with Gasteiger partial charge in [-0.2, -0.15) is 10.5 Å². The fraction of sp³-hybridized carbons (Fsp3) is 0.267. The monoisotopic (exact) mass is 518 g/mol. The topological polar surface area (TPSA) is 78.9 Å². The summed E-state index contributed by atoms with van der Waals surface area (Å²) in [6.07, 6.45) is 0. The number of hydrogen-bond acceptors (Lipinski definition) is 7. The van der Waals surface area contributed by atoms with Crippen LogP contribution < -0.4 is 14.5 Å². The highest BCUT2D eigenvalue weighted by Crippen LogP contribution is 2.60. The van der Waals surface area contributed by atoms with Gasteiger partial charge in [-0.05, 0) is 30.3 Å². The molecule has 2 saturated heterocycles. The summed E-state index contributed by atoms with van der Waals surface area (Å²) in [5.74, 6) is 0.718. The maximum absolute atomic E-state index is 11.1. The van der Waals surface area contributed by atoms with Crippen molar-refractivity contribution in [3.8, 4) is 17.9 Å². The fourth-order valence-electron chi connectivity index (χ4n) is 6.31. The predicted molar refractivity (Wildman–Crippen MR) is 151 cm³/mol. The molecule has 0 amide bonds. The molecule has 0 N–H and O–H groups in total. The number of amidine groups is 1. The lowest BCUT2D eigenvalue weighted by Gasteiger charge is -2.61. The maximum Gasteiger partial charge on any atom is 0.141 e. The Morgan fingerprint density at radius 3 is 2.05 bits per heavy atom. The zero-order valence-electron chi connectivity index (χ0n) is 21.0. The smallest absolute Gasteiger partial charge is 0.141 e. The van der Waals surface area contributed by atoms with Crippen molar-refractivity contribution in [3.63, 3.8) is 0 Å². The lowest BCUT2D eigenvalue weighted by atomic mass is 9.53. The number of aliphatic imine (C=N–C) groups is 1. The van der Waals surface area contributed by atoms with Crippen LogP contribution in [0.1, 0.15) is 11.5 Å². The highest BCUT2D eigenvalue weighted by Gasteiger charge is 2.68. The minimum atomic E-state index is -1.17. The molecule has 3 atom stereocenters. The molecule has 3 heterocycles. The summed E-state index contributed by atoms with van der Waals surface area (Å²) in [4.78, 5) is 11.7. The number of para-hydroxylation sites is 3. The number of anilines is 2. The summed E-state index contributed by atoms with van der Waals surface area (Å²) >= 11 is 6.20. The lowest BCUT2D eigenvalue weighted by molar-refractivity contribution is 0.202. The van der Waals surface area contributed by atoms with E-state index in [4.69, 9.17) is 21.9 Å². The molecule has 0 spiro atoms. The quantitative estimate of drug-likeness (QED) is 0.459. The number of nitrogens with zero attached hydrogens (tertiary/aromatic N) is 6. The molecule has 3 aliphatic rings. The van der Waals surface area contributed by atoms with Crippen LogP contribution in [0.5, 0.6) is 5.75 Å². The number of hydrogen-bond donors (Lipinski definition) is 0. The van der Waals surface area contributed by atoms with Crippen LogP contribution in [0.3, 0.4) is 0 Å². The first-order chi connectivity index (χ1) is 18.6. The molecule has 0 aromatic heterocycles. The molecular weight excluding hydrogens is 492 g/mol. The van der Waals surface area contributed by atoms with Crippen molar-refractivity contribution in [2.45, 2.75) is 5.92 Å². The summed E-state index contributed by atoms with van der Waals surface area (Å²) in [5.41, 5.74) is 0.457. The minimum absolute atomic E-state index is 0.355. The highest BCUT2D eigenvalue weighted by atomic mass is 32.1. The molecule has 3 aromatic rings. The minimum Gasteiger partial charge on any atom is -0.496 e. The number of piperidine rings is 2. The number of benzene rings is 3. The van der Waals surface area contributed by atoms with Gasteiger partial charge in [0.05, 0.1) is 25.9 Å². The Kier molecular flexibility index (Phi) is 5.78. The SMILES string of the molecule is COc1ccccc1[C@@H]1[C@]2(C#N)CN(c3ccccc3)C[C@]1(C#N)C1=NCN(c3ccccc3)CN1C2=S. The Hall–Kier alpha value is -4.40. The van der Waals surface area contributed by atoms with E-state index in [2.05, 4.69) is 21.9 Å². The zero-order valence-corrected chi connectivity index (χ0v) is 21.8. The number of methoxy groups -OCH3 is 1. The second-order valence-electron chi connectivity index (χ2n) is 9.91. The van der Waals surface area contributed by atoms with Crippen molar-refractivity contribution < 1.29 is 4.74 Å². The van der Waals surface area contributed by atoms with Gasteiger partial charge < -0.3 is 19.4 Å². The average Bonchev–Trinajstić information content (AvgIpc) is 3.00. The van der Waals surface area contributed by atoms with Crippen LogP contribution in [-0.2, 0) is 0 Å².